The molecule has 0 aromatic carbocycles. The average molecular weight is 580 g/mol. The molecule has 4 aromatic rings. The molecular weight excluding hydrogens is 554 g/mol. The first-order valence-electron chi connectivity index (χ1n) is 7.02. The molecule has 0 unspecified atom stereocenters. The van der Waals surface area contributed by atoms with Crippen LogP contribution in [-0.4, -0.2) is 72.9 Å². The second-order valence-corrected chi connectivity index (χ2v) is 4.39. The number of aromatic nitrogens is 16. The molecule has 4 heterocycles. The van der Waals surface area contributed by atoms with Crippen LogP contribution in [0.15, 0.2) is 0 Å². The quantitative estimate of drug-likeness (QED) is 0.144. The van der Waals surface area contributed by atoms with Crippen molar-refractivity contribution in [2.45, 2.75) is 26.2 Å². The summed E-state index contributed by atoms with van der Waals surface area (Å²) >= 11 is 0. The van der Waals surface area contributed by atoms with E-state index in [4.69, 9.17) is 0 Å². The predicted octanol–water partition coefficient (Wildman–Crippen LogP) is -10.8. The first kappa shape index (κ1) is 44.6. The average Bonchev–Trinajstić information content (AvgIpc) is 3.45. The Morgan fingerprint density at radius 1 is 0.529 bits per heavy atom. The van der Waals surface area contributed by atoms with Crippen molar-refractivity contribution < 1.29 is 67.0 Å². The summed E-state index contributed by atoms with van der Waals surface area (Å²) in [6.07, 6.45) is 0. The Morgan fingerprint density at radius 2 is 0.912 bits per heavy atom. The largest absolute Gasteiger partial charge is 3.00 e. The van der Waals surface area contributed by atoms with Gasteiger partial charge in [-0.05, 0) is 0 Å². The minimum Gasteiger partial charge on any atom is -0.457 e. The van der Waals surface area contributed by atoms with Gasteiger partial charge in [0, 0.05) is 43.7 Å². The molecule has 34 heavy (non-hydrogen) atoms. The molecule has 192 valence electrons. The van der Waals surface area contributed by atoms with Gasteiger partial charge in [-0.3, -0.25) is 41.4 Å². The summed E-state index contributed by atoms with van der Waals surface area (Å²) in [7, 11) is 0. The third-order valence-corrected chi connectivity index (χ3v) is 2.57. The topological polar surface area (TPSA) is 430 Å². The normalized spacial score (nSPS) is 8.00. The van der Waals surface area contributed by atoms with Gasteiger partial charge in [0.05, 0.1) is 5.82 Å². The van der Waals surface area contributed by atoms with E-state index >= 15 is 0 Å². The molecule has 0 aliphatic rings. The van der Waals surface area contributed by atoms with Gasteiger partial charge in [0.1, 0.15) is 0 Å². The zero-order chi connectivity index (χ0) is 17.9. The predicted molar refractivity (Wildman–Crippen MR) is 100 cm³/mol. The third-order valence-electron chi connectivity index (χ3n) is 2.57. The molecule has 0 fully saturated rings. The summed E-state index contributed by atoms with van der Waals surface area (Å²) < 4.78 is 0. The smallest absolute Gasteiger partial charge is 0.457 e. The van der Waals surface area contributed by atoms with Gasteiger partial charge in [-0.2, -0.15) is 15.6 Å². The number of nitrogens with zero attached hydrogens (tertiary/aromatic N) is 16. The molecule has 0 atom stereocenters. The van der Waals surface area contributed by atoms with Crippen LogP contribution in [-0.2, 0) is 82.2 Å². The second-order valence-electron chi connectivity index (χ2n) is 4.39. The molecule has 0 saturated heterocycles. The monoisotopic (exact) mass is 580 g/mol. The van der Waals surface area contributed by atoms with Crippen molar-refractivity contribution in [3.8, 4) is 0 Å². The van der Waals surface area contributed by atoms with Crippen molar-refractivity contribution in [3.63, 3.8) is 0 Å². The Kier molecular flexibility index (Phi) is 34.5. The molecule has 0 bridgehead atoms. The van der Waals surface area contributed by atoms with Gasteiger partial charge >= 0.3 is 34.1 Å². The number of tetrazole rings is 4. The Balaban J connectivity index is -0.0000000933. The molecule has 0 saturated carbocycles. The summed E-state index contributed by atoms with van der Waals surface area (Å²) in [5.74, 6) is 2.14. The molecule has 4 aromatic heterocycles. The van der Waals surface area contributed by atoms with Gasteiger partial charge < -0.3 is 63.9 Å². The molecular formula is C8H26Mn2N18O6+6. The van der Waals surface area contributed by atoms with Crippen LogP contribution in [0.3, 0.4) is 0 Å². The van der Waals surface area contributed by atoms with E-state index in [0.717, 1.165) is 0 Å². The molecule has 0 radical (unpaired) electrons. The fraction of sp³-hybridized carbons (Fsp3) is 0.500. The van der Waals surface area contributed by atoms with E-state index in [2.05, 4.69) is 93.1 Å². The standard InChI is InChI=1S/2C4H5N9.2Mn.6H2O/c2*1(3-6-10-11-7-3)5-2-4-8-12-13-9-4;;;;;;;;/h2*5H,1-2H2;;;6*1H2/q2*-2;2*+3;;;;;;/p+4. The van der Waals surface area contributed by atoms with Crippen LogP contribution < -0.4 is 31.1 Å². The van der Waals surface area contributed by atoms with Crippen molar-refractivity contribution in [2.24, 2.45) is 0 Å². The molecule has 26 heteroatoms. The van der Waals surface area contributed by atoms with Crippen molar-refractivity contribution in [1.29, 1.82) is 0 Å². The van der Waals surface area contributed by atoms with Crippen molar-refractivity contribution in [3.05, 3.63) is 23.3 Å². The SMILES string of the molecule is C(NCc1nnn[n-]1)c1nn[n-]n1.C(NCc1nnn[n-]1)c1nnn[n-]1.O.O.[Mn+3].[Mn+3].[OH3+].[OH3+].[OH3+].[OH3+]. The van der Waals surface area contributed by atoms with Crippen LogP contribution in [0.1, 0.15) is 23.3 Å². The number of hydrogen-bond donors (Lipinski definition) is 2. The maximum Gasteiger partial charge on any atom is 3.00 e. The molecule has 24 nitrogen and oxygen atoms in total. The first-order chi connectivity index (χ1) is 12.9. The van der Waals surface area contributed by atoms with E-state index in [1.165, 1.54) is 0 Å². The van der Waals surface area contributed by atoms with E-state index in [-0.39, 0.29) is 67.0 Å². The van der Waals surface area contributed by atoms with Crippen LogP contribution >= 0.6 is 0 Å². The zero-order valence-corrected chi connectivity index (χ0v) is 19.4. The maximum atomic E-state index is 3.63. The van der Waals surface area contributed by atoms with Crippen LogP contribution in [0.4, 0.5) is 0 Å². The van der Waals surface area contributed by atoms with E-state index in [1.807, 2.05) is 0 Å². The van der Waals surface area contributed by atoms with Gasteiger partial charge in [-0.15, -0.1) is 0 Å². The van der Waals surface area contributed by atoms with Crippen LogP contribution in [0, 0.1) is 0 Å². The number of hydrogen-bond acceptors (Lipinski definition) is 14. The zero-order valence-electron chi connectivity index (χ0n) is 17.0. The Bertz CT molecular complexity index is 680. The van der Waals surface area contributed by atoms with Crippen molar-refractivity contribution >= 4 is 0 Å². The fourth-order valence-electron chi connectivity index (χ4n) is 1.51. The van der Waals surface area contributed by atoms with Crippen LogP contribution in [0.5, 0.6) is 0 Å². The fourth-order valence-corrected chi connectivity index (χ4v) is 1.51. The first-order valence-corrected chi connectivity index (χ1v) is 7.02. The Labute approximate surface area is 209 Å². The van der Waals surface area contributed by atoms with Gasteiger partial charge in [-0.1, -0.05) is 0 Å². The van der Waals surface area contributed by atoms with Crippen molar-refractivity contribution in [1.82, 2.24) is 93.1 Å². The second kappa shape index (κ2) is 26.3. The van der Waals surface area contributed by atoms with E-state index in [9.17, 15) is 0 Å². The minimum absolute atomic E-state index is 0. The summed E-state index contributed by atoms with van der Waals surface area (Å²) in [6.45, 7) is 1.90. The molecule has 18 N–H and O–H groups in total. The molecule has 0 amide bonds. The van der Waals surface area contributed by atoms with E-state index in [0.29, 0.717) is 49.5 Å². The number of nitrogens with one attached hydrogen (secondary N) is 2. The van der Waals surface area contributed by atoms with E-state index < -0.39 is 0 Å². The summed E-state index contributed by atoms with van der Waals surface area (Å²) in [5, 5.41) is 61.6. The molecule has 0 aliphatic carbocycles. The minimum atomic E-state index is 0. The van der Waals surface area contributed by atoms with Crippen LogP contribution in [0.25, 0.3) is 0 Å². The van der Waals surface area contributed by atoms with Gasteiger partial charge in [-0.25, -0.2) is 5.10 Å². The summed E-state index contributed by atoms with van der Waals surface area (Å²) in [4.78, 5) is 0. The maximum absolute atomic E-state index is 3.63. The van der Waals surface area contributed by atoms with Gasteiger partial charge in [0.15, 0.2) is 0 Å². The van der Waals surface area contributed by atoms with Gasteiger partial charge in [0.2, 0.25) is 0 Å². The van der Waals surface area contributed by atoms with E-state index in [1.54, 1.807) is 0 Å². The Hall–Kier alpha value is -3.00. The van der Waals surface area contributed by atoms with Crippen LogP contribution in [0.2, 0.25) is 0 Å². The van der Waals surface area contributed by atoms with Crippen molar-refractivity contribution in [2.75, 3.05) is 0 Å². The number of rotatable bonds is 8. The summed E-state index contributed by atoms with van der Waals surface area (Å²) in [6, 6.07) is 0. The molecule has 4 rings (SSSR count). The van der Waals surface area contributed by atoms with Gasteiger partial charge in [0.25, 0.3) is 0 Å². The molecule has 0 spiro atoms. The Morgan fingerprint density at radius 3 is 1.21 bits per heavy atom. The molecule has 0 aliphatic heterocycles. The third kappa shape index (κ3) is 16.6. The summed E-state index contributed by atoms with van der Waals surface area (Å²) in [5.41, 5.74) is 0.